The highest BCUT2D eigenvalue weighted by Gasteiger charge is 2.16. The summed E-state index contributed by atoms with van der Waals surface area (Å²) >= 11 is 0. The van der Waals surface area contributed by atoms with Crippen LogP contribution in [0.5, 0.6) is 11.5 Å². The van der Waals surface area contributed by atoms with Gasteiger partial charge in [-0.2, -0.15) is 8.78 Å². The molecule has 1 aliphatic rings. The molecule has 0 bridgehead atoms. The molecule has 0 heterocycles. The zero-order valence-corrected chi connectivity index (χ0v) is 14.4. The molecule has 142 valence electrons. The van der Waals surface area contributed by atoms with Crippen molar-refractivity contribution in [1.29, 1.82) is 0 Å². The lowest BCUT2D eigenvalue weighted by Crippen LogP contribution is -2.28. The van der Waals surface area contributed by atoms with Crippen LogP contribution in [-0.4, -0.2) is 32.2 Å². The van der Waals surface area contributed by atoms with Gasteiger partial charge in [-0.05, 0) is 36.5 Å². The standard InChI is InChI=1S/C18H21F2NO5/c1-24-15-8-13(6-7-14(15)26-18(19)20)10-21-16(22)11-25-17(23)9-12-4-2-3-5-12/h2,4,6-8,12,18H,3,5,9-11H2,1H3,(H,21,22)/t12-/m0/s1. The van der Waals surface area contributed by atoms with Gasteiger partial charge in [0.05, 0.1) is 13.5 Å². The van der Waals surface area contributed by atoms with Crippen LogP contribution in [0.3, 0.4) is 0 Å². The number of carbonyl (C=O) groups is 2. The molecule has 0 saturated carbocycles. The van der Waals surface area contributed by atoms with E-state index in [0.717, 1.165) is 12.8 Å². The van der Waals surface area contributed by atoms with E-state index in [1.54, 1.807) is 0 Å². The van der Waals surface area contributed by atoms with Crippen molar-refractivity contribution in [3.8, 4) is 11.5 Å². The van der Waals surface area contributed by atoms with Crippen molar-refractivity contribution in [2.75, 3.05) is 13.7 Å². The maximum atomic E-state index is 12.3. The van der Waals surface area contributed by atoms with E-state index in [-0.39, 0.29) is 37.0 Å². The number of benzene rings is 1. The summed E-state index contributed by atoms with van der Waals surface area (Å²) in [7, 11) is 1.33. The van der Waals surface area contributed by atoms with Crippen molar-refractivity contribution >= 4 is 11.9 Å². The summed E-state index contributed by atoms with van der Waals surface area (Å²) in [6.45, 7) is -3.18. The molecule has 0 unspecified atom stereocenters. The smallest absolute Gasteiger partial charge is 0.387 e. The van der Waals surface area contributed by atoms with Gasteiger partial charge in [0, 0.05) is 6.54 Å². The van der Waals surface area contributed by atoms with Crippen molar-refractivity contribution in [2.45, 2.75) is 32.4 Å². The number of alkyl halides is 2. The van der Waals surface area contributed by atoms with Gasteiger partial charge in [-0.1, -0.05) is 18.2 Å². The van der Waals surface area contributed by atoms with Gasteiger partial charge in [0.1, 0.15) is 0 Å². The van der Waals surface area contributed by atoms with Crippen LogP contribution in [0.15, 0.2) is 30.4 Å². The zero-order valence-electron chi connectivity index (χ0n) is 14.4. The summed E-state index contributed by atoms with van der Waals surface area (Å²) < 4.78 is 38.8. The lowest BCUT2D eigenvalue weighted by atomic mass is 10.1. The Morgan fingerprint density at radius 1 is 1.31 bits per heavy atom. The number of amides is 1. The summed E-state index contributed by atoms with van der Waals surface area (Å²) in [6.07, 6.45) is 6.16. The quantitative estimate of drug-likeness (QED) is 0.535. The van der Waals surface area contributed by atoms with Crippen molar-refractivity contribution in [3.05, 3.63) is 35.9 Å². The number of halogens is 2. The first kappa shape index (κ1) is 19.7. The van der Waals surface area contributed by atoms with Crippen molar-refractivity contribution < 1.29 is 32.6 Å². The van der Waals surface area contributed by atoms with E-state index in [4.69, 9.17) is 9.47 Å². The fourth-order valence-corrected chi connectivity index (χ4v) is 2.55. The number of esters is 1. The Bertz CT molecular complexity index is 663. The first-order valence-electron chi connectivity index (χ1n) is 8.18. The van der Waals surface area contributed by atoms with Crippen LogP contribution in [0.4, 0.5) is 8.78 Å². The molecule has 1 N–H and O–H groups in total. The Labute approximate surface area is 150 Å². The first-order valence-corrected chi connectivity index (χ1v) is 8.18. The predicted molar refractivity (Wildman–Crippen MR) is 88.9 cm³/mol. The third kappa shape index (κ3) is 6.34. The van der Waals surface area contributed by atoms with E-state index in [1.807, 2.05) is 12.2 Å². The topological polar surface area (TPSA) is 73.9 Å². The highest BCUT2D eigenvalue weighted by molar-refractivity contribution is 5.80. The largest absolute Gasteiger partial charge is 0.493 e. The number of hydrogen-bond donors (Lipinski definition) is 1. The molecule has 1 amide bonds. The van der Waals surface area contributed by atoms with Crippen LogP contribution in [0.25, 0.3) is 0 Å². The van der Waals surface area contributed by atoms with E-state index in [0.29, 0.717) is 5.56 Å². The number of rotatable bonds is 9. The lowest BCUT2D eigenvalue weighted by molar-refractivity contribution is -0.149. The zero-order chi connectivity index (χ0) is 18.9. The average Bonchev–Trinajstić information content (AvgIpc) is 3.11. The summed E-state index contributed by atoms with van der Waals surface area (Å²) in [4.78, 5) is 23.4. The Morgan fingerprint density at radius 3 is 2.77 bits per heavy atom. The fourth-order valence-electron chi connectivity index (χ4n) is 2.55. The van der Waals surface area contributed by atoms with E-state index in [2.05, 4.69) is 10.1 Å². The normalized spacial score (nSPS) is 15.8. The van der Waals surface area contributed by atoms with Crippen LogP contribution in [0.1, 0.15) is 24.8 Å². The molecule has 0 fully saturated rings. The van der Waals surface area contributed by atoms with Gasteiger partial charge in [-0.25, -0.2) is 0 Å². The van der Waals surface area contributed by atoms with E-state index in [1.165, 1.54) is 25.3 Å². The van der Waals surface area contributed by atoms with Gasteiger partial charge in [0.15, 0.2) is 18.1 Å². The van der Waals surface area contributed by atoms with Gasteiger partial charge in [-0.15, -0.1) is 0 Å². The van der Waals surface area contributed by atoms with Gasteiger partial charge in [0.25, 0.3) is 5.91 Å². The molecule has 1 atom stereocenters. The van der Waals surface area contributed by atoms with E-state index < -0.39 is 18.5 Å². The SMILES string of the molecule is COc1cc(CNC(=O)COC(=O)C[C@H]2C=CCC2)ccc1OC(F)F. The molecule has 1 aromatic rings. The highest BCUT2D eigenvalue weighted by atomic mass is 19.3. The first-order chi connectivity index (χ1) is 12.5. The molecule has 2 rings (SSSR count). The van der Waals surface area contributed by atoms with Crippen molar-refractivity contribution in [3.63, 3.8) is 0 Å². The summed E-state index contributed by atoms with van der Waals surface area (Å²) in [5.41, 5.74) is 0.624. The lowest BCUT2D eigenvalue weighted by Gasteiger charge is -2.12. The van der Waals surface area contributed by atoms with Gasteiger partial charge < -0.3 is 19.5 Å². The second kappa shape index (κ2) is 9.74. The molecule has 6 nitrogen and oxygen atoms in total. The van der Waals surface area contributed by atoms with E-state index >= 15 is 0 Å². The minimum atomic E-state index is -2.95. The van der Waals surface area contributed by atoms with Gasteiger partial charge >= 0.3 is 12.6 Å². The molecule has 8 heteroatoms. The van der Waals surface area contributed by atoms with Crippen molar-refractivity contribution in [2.24, 2.45) is 5.92 Å². The molecule has 0 radical (unpaired) electrons. The van der Waals surface area contributed by atoms with Crippen LogP contribution < -0.4 is 14.8 Å². The van der Waals surface area contributed by atoms with Crippen molar-refractivity contribution in [1.82, 2.24) is 5.32 Å². The molecule has 0 spiro atoms. The maximum Gasteiger partial charge on any atom is 0.387 e. The Kier molecular flexibility index (Phi) is 7.37. The molecule has 0 saturated heterocycles. The number of allylic oxidation sites excluding steroid dienone is 2. The van der Waals surface area contributed by atoms with Crippen LogP contribution in [0, 0.1) is 5.92 Å². The summed E-state index contributed by atoms with van der Waals surface area (Å²) in [5.74, 6) is -0.633. The minimum absolute atomic E-state index is 0.0903. The number of methoxy groups -OCH3 is 1. The fraction of sp³-hybridized carbons (Fsp3) is 0.444. The second-order valence-corrected chi connectivity index (χ2v) is 5.77. The van der Waals surface area contributed by atoms with Gasteiger partial charge in [-0.3, -0.25) is 9.59 Å². The maximum absolute atomic E-state index is 12.3. The number of ether oxygens (including phenoxy) is 3. The number of carbonyl (C=O) groups excluding carboxylic acids is 2. The molecule has 26 heavy (non-hydrogen) atoms. The second-order valence-electron chi connectivity index (χ2n) is 5.77. The average molecular weight is 369 g/mol. The Hall–Kier alpha value is -2.64. The molecular formula is C18H21F2NO5. The van der Waals surface area contributed by atoms with Crippen LogP contribution >= 0.6 is 0 Å². The Morgan fingerprint density at radius 2 is 2.12 bits per heavy atom. The molecular weight excluding hydrogens is 348 g/mol. The van der Waals surface area contributed by atoms with Gasteiger partial charge in [0.2, 0.25) is 0 Å². The summed E-state index contributed by atoms with van der Waals surface area (Å²) in [6, 6.07) is 4.34. The van der Waals surface area contributed by atoms with Crippen LogP contribution in [0.2, 0.25) is 0 Å². The molecule has 0 aromatic heterocycles. The number of nitrogens with one attached hydrogen (secondary N) is 1. The highest BCUT2D eigenvalue weighted by Crippen LogP contribution is 2.29. The number of hydrogen-bond acceptors (Lipinski definition) is 5. The van der Waals surface area contributed by atoms with E-state index in [9.17, 15) is 18.4 Å². The molecule has 0 aliphatic heterocycles. The predicted octanol–water partition coefficient (Wildman–Crippen LogP) is 2.81. The monoisotopic (exact) mass is 369 g/mol. The summed E-state index contributed by atoms with van der Waals surface area (Å²) in [5, 5.41) is 2.58. The third-order valence-electron chi connectivity index (χ3n) is 3.84. The van der Waals surface area contributed by atoms with Crippen LogP contribution in [-0.2, 0) is 20.9 Å². The Balaban J connectivity index is 1.75. The molecule has 1 aliphatic carbocycles. The third-order valence-corrected chi connectivity index (χ3v) is 3.84. The minimum Gasteiger partial charge on any atom is -0.493 e. The molecule has 1 aromatic carbocycles.